The molecule has 4 nitrogen and oxygen atoms in total. The van der Waals surface area contributed by atoms with Crippen molar-refractivity contribution in [2.24, 2.45) is 0 Å². The fourth-order valence-corrected chi connectivity index (χ4v) is 3.43. The lowest BCUT2D eigenvalue weighted by molar-refractivity contribution is -0.141. The Morgan fingerprint density at radius 1 is 1.10 bits per heavy atom. The molecule has 162 valence electrons. The average Bonchev–Trinajstić information content (AvgIpc) is 2.64. The molecule has 0 unspecified atom stereocenters. The van der Waals surface area contributed by atoms with E-state index in [0.717, 1.165) is 5.56 Å². The molecule has 7 heteroatoms. The van der Waals surface area contributed by atoms with Crippen molar-refractivity contribution in [2.75, 3.05) is 0 Å². The van der Waals surface area contributed by atoms with Crippen molar-refractivity contribution in [1.82, 2.24) is 10.2 Å². The van der Waals surface area contributed by atoms with Gasteiger partial charge in [-0.1, -0.05) is 54.4 Å². The zero-order valence-electron chi connectivity index (χ0n) is 17.6. The molecule has 0 bridgehead atoms. The summed E-state index contributed by atoms with van der Waals surface area (Å²) in [7, 11) is 0. The third-order valence-corrected chi connectivity index (χ3v) is 5.26. The van der Waals surface area contributed by atoms with E-state index in [0.29, 0.717) is 16.5 Å². The van der Waals surface area contributed by atoms with Crippen molar-refractivity contribution >= 4 is 35.0 Å². The van der Waals surface area contributed by atoms with E-state index in [-0.39, 0.29) is 30.3 Å². The van der Waals surface area contributed by atoms with E-state index in [1.54, 1.807) is 36.4 Å². The number of nitrogens with zero attached hydrogens (tertiary/aromatic N) is 1. The Morgan fingerprint density at radius 2 is 1.77 bits per heavy atom. The molecule has 0 aliphatic carbocycles. The van der Waals surface area contributed by atoms with Crippen LogP contribution in [-0.4, -0.2) is 28.3 Å². The second kappa shape index (κ2) is 10.3. The van der Waals surface area contributed by atoms with Gasteiger partial charge in [0.1, 0.15) is 11.9 Å². The van der Waals surface area contributed by atoms with Crippen LogP contribution in [0, 0.1) is 5.82 Å². The summed E-state index contributed by atoms with van der Waals surface area (Å²) in [4.78, 5) is 27.6. The molecule has 0 fully saturated rings. The molecule has 0 aliphatic rings. The first-order valence-electron chi connectivity index (χ1n) is 9.80. The van der Waals surface area contributed by atoms with E-state index in [1.807, 2.05) is 27.7 Å². The molecule has 2 rings (SSSR count). The standard InChI is InChI=1S/C23H27Cl2FN2O2/c1-5-20(22(30)27-23(2,3)4)28(14-15-10-11-17(24)18(25)12-15)21(29)13-16-8-6-7-9-19(16)26/h6-12,20H,5,13-14H2,1-4H3,(H,27,30)/t20-/m1/s1. The number of rotatable bonds is 7. The third kappa shape index (κ3) is 6.71. The Balaban J connectivity index is 2.36. The number of hydrogen-bond donors (Lipinski definition) is 1. The first-order chi connectivity index (χ1) is 14.0. The summed E-state index contributed by atoms with van der Waals surface area (Å²) < 4.78 is 14.1. The summed E-state index contributed by atoms with van der Waals surface area (Å²) in [5.41, 5.74) is 0.565. The van der Waals surface area contributed by atoms with Crippen LogP contribution in [0.3, 0.4) is 0 Å². The predicted octanol–water partition coefficient (Wildman–Crippen LogP) is 5.40. The van der Waals surface area contributed by atoms with Gasteiger partial charge < -0.3 is 10.2 Å². The van der Waals surface area contributed by atoms with Gasteiger partial charge in [0.15, 0.2) is 0 Å². The highest BCUT2D eigenvalue weighted by molar-refractivity contribution is 6.42. The van der Waals surface area contributed by atoms with Gasteiger partial charge in [-0.05, 0) is 56.5 Å². The number of halogens is 3. The summed E-state index contributed by atoms with van der Waals surface area (Å²) in [6.45, 7) is 7.62. The minimum absolute atomic E-state index is 0.146. The van der Waals surface area contributed by atoms with Gasteiger partial charge in [-0.15, -0.1) is 0 Å². The van der Waals surface area contributed by atoms with Crippen LogP contribution in [0.25, 0.3) is 0 Å². The summed E-state index contributed by atoms with van der Waals surface area (Å²) in [6, 6.07) is 10.5. The lowest BCUT2D eigenvalue weighted by Crippen LogP contribution is -2.53. The van der Waals surface area contributed by atoms with Crippen LogP contribution in [0.4, 0.5) is 4.39 Å². The van der Waals surface area contributed by atoms with Crippen molar-refractivity contribution in [2.45, 2.75) is 58.7 Å². The molecule has 0 aliphatic heterocycles. The molecule has 0 saturated carbocycles. The minimum Gasteiger partial charge on any atom is -0.350 e. The lowest BCUT2D eigenvalue weighted by atomic mass is 10.0. The number of nitrogens with one attached hydrogen (secondary N) is 1. The first kappa shape index (κ1) is 24.2. The van der Waals surface area contributed by atoms with E-state index in [4.69, 9.17) is 23.2 Å². The number of amides is 2. The van der Waals surface area contributed by atoms with Crippen molar-refractivity contribution in [3.63, 3.8) is 0 Å². The topological polar surface area (TPSA) is 49.4 Å². The van der Waals surface area contributed by atoms with Crippen LogP contribution >= 0.6 is 23.2 Å². The zero-order chi connectivity index (χ0) is 22.5. The van der Waals surface area contributed by atoms with E-state index in [1.165, 1.54) is 11.0 Å². The summed E-state index contributed by atoms with van der Waals surface area (Å²) >= 11 is 12.1. The van der Waals surface area contributed by atoms with Crippen LogP contribution in [0.5, 0.6) is 0 Å². The third-order valence-electron chi connectivity index (χ3n) is 4.52. The average molecular weight is 453 g/mol. The zero-order valence-corrected chi connectivity index (χ0v) is 19.1. The van der Waals surface area contributed by atoms with Gasteiger partial charge >= 0.3 is 0 Å². The van der Waals surface area contributed by atoms with Gasteiger partial charge in [0.2, 0.25) is 11.8 Å². The monoisotopic (exact) mass is 452 g/mol. The Hall–Kier alpha value is -2.11. The maximum atomic E-state index is 14.1. The highest BCUT2D eigenvalue weighted by Crippen LogP contribution is 2.24. The second-order valence-electron chi connectivity index (χ2n) is 8.20. The summed E-state index contributed by atoms with van der Waals surface area (Å²) in [5.74, 6) is -1.05. The van der Waals surface area contributed by atoms with Crippen molar-refractivity contribution in [3.8, 4) is 0 Å². The Kier molecular flexibility index (Phi) is 8.27. The number of carbonyl (C=O) groups is 2. The highest BCUT2D eigenvalue weighted by atomic mass is 35.5. The molecule has 0 saturated heterocycles. The molecule has 0 radical (unpaired) electrons. The first-order valence-corrected chi connectivity index (χ1v) is 10.6. The molecule has 0 aromatic heterocycles. The van der Waals surface area contributed by atoms with Gasteiger partial charge in [0.25, 0.3) is 0 Å². The van der Waals surface area contributed by atoms with Gasteiger partial charge in [-0.3, -0.25) is 9.59 Å². The molecule has 1 N–H and O–H groups in total. The molecule has 0 spiro atoms. The van der Waals surface area contributed by atoms with E-state index < -0.39 is 17.4 Å². The highest BCUT2D eigenvalue weighted by Gasteiger charge is 2.31. The van der Waals surface area contributed by atoms with Crippen LogP contribution in [0.15, 0.2) is 42.5 Å². The largest absolute Gasteiger partial charge is 0.350 e. The predicted molar refractivity (Wildman–Crippen MR) is 119 cm³/mol. The quantitative estimate of drug-likeness (QED) is 0.611. The SMILES string of the molecule is CC[C@H](C(=O)NC(C)(C)C)N(Cc1ccc(Cl)c(Cl)c1)C(=O)Cc1ccccc1F. The maximum absolute atomic E-state index is 14.1. The molecule has 2 aromatic rings. The van der Waals surface area contributed by atoms with E-state index >= 15 is 0 Å². The molecular weight excluding hydrogens is 426 g/mol. The van der Waals surface area contributed by atoms with E-state index in [2.05, 4.69) is 5.32 Å². The number of carbonyl (C=O) groups excluding carboxylic acids is 2. The smallest absolute Gasteiger partial charge is 0.243 e. The summed E-state index contributed by atoms with van der Waals surface area (Å²) in [6.07, 6.45) is 0.263. The lowest BCUT2D eigenvalue weighted by Gasteiger charge is -2.33. The van der Waals surface area contributed by atoms with Crippen molar-refractivity contribution < 1.29 is 14.0 Å². The van der Waals surface area contributed by atoms with Crippen LogP contribution < -0.4 is 5.32 Å². The molecule has 2 aromatic carbocycles. The Morgan fingerprint density at radius 3 is 2.33 bits per heavy atom. The fourth-order valence-electron chi connectivity index (χ4n) is 3.11. The minimum atomic E-state index is -0.710. The van der Waals surface area contributed by atoms with Crippen molar-refractivity contribution in [3.05, 3.63) is 69.5 Å². The summed E-state index contributed by atoms with van der Waals surface area (Å²) in [5, 5.41) is 3.70. The molecule has 2 amide bonds. The van der Waals surface area contributed by atoms with Crippen molar-refractivity contribution in [1.29, 1.82) is 0 Å². The van der Waals surface area contributed by atoms with Crippen LogP contribution in [0.2, 0.25) is 10.0 Å². The Labute approximate surface area is 187 Å². The maximum Gasteiger partial charge on any atom is 0.243 e. The van der Waals surface area contributed by atoms with Crippen LogP contribution in [0.1, 0.15) is 45.2 Å². The molecular formula is C23H27Cl2FN2O2. The van der Waals surface area contributed by atoms with E-state index in [9.17, 15) is 14.0 Å². The van der Waals surface area contributed by atoms with Gasteiger partial charge in [0.05, 0.1) is 16.5 Å². The molecule has 1 atom stereocenters. The molecule has 30 heavy (non-hydrogen) atoms. The fraction of sp³-hybridized carbons (Fsp3) is 0.391. The normalized spacial score (nSPS) is 12.4. The number of hydrogen-bond acceptors (Lipinski definition) is 2. The van der Waals surface area contributed by atoms with Gasteiger partial charge in [-0.25, -0.2) is 4.39 Å². The molecule has 0 heterocycles. The van der Waals surface area contributed by atoms with Gasteiger partial charge in [0, 0.05) is 12.1 Å². The van der Waals surface area contributed by atoms with Gasteiger partial charge in [-0.2, -0.15) is 0 Å². The number of benzene rings is 2. The van der Waals surface area contributed by atoms with Crippen LogP contribution in [-0.2, 0) is 22.6 Å². The Bertz CT molecular complexity index is 912. The second-order valence-corrected chi connectivity index (χ2v) is 9.02.